The molecule has 0 atom stereocenters. The van der Waals surface area contributed by atoms with Gasteiger partial charge in [-0.2, -0.15) is 0 Å². The van der Waals surface area contributed by atoms with Crippen LogP contribution >= 0.6 is 11.6 Å². The second-order valence-corrected chi connectivity index (χ2v) is 4.53. The fraction of sp³-hybridized carbons (Fsp3) is 0.133. The zero-order valence-corrected chi connectivity index (χ0v) is 11.4. The molecule has 0 aliphatic heterocycles. The highest BCUT2D eigenvalue weighted by Gasteiger charge is 2.18. The molecule has 0 heterocycles. The minimum atomic E-state index is -0.113. The van der Waals surface area contributed by atoms with Crippen LogP contribution < -0.4 is 10.6 Å². The monoisotopic (exact) mass is 274 g/mol. The van der Waals surface area contributed by atoms with Crippen LogP contribution in [0.15, 0.2) is 48.5 Å². The maximum atomic E-state index is 12.5. The molecule has 2 aromatic rings. The molecule has 0 unspecified atom stereocenters. The summed E-state index contributed by atoms with van der Waals surface area (Å²) in [7, 11) is 0. The third kappa shape index (κ3) is 2.88. The molecule has 98 valence electrons. The topological polar surface area (TPSA) is 46.3 Å². The molecule has 0 fully saturated rings. The molecule has 19 heavy (non-hydrogen) atoms. The normalized spacial score (nSPS) is 10.2. The van der Waals surface area contributed by atoms with Crippen molar-refractivity contribution in [1.82, 2.24) is 0 Å². The minimum Gasteiger partial charge on any atom is -0.399 e. The second kappa shape index (κ2) is 5.76. The van der Waals surface area contributed by atoms with Crippen LogP contribution in [-0.2, 0) is 0 Å². The highest BCUT2D eigenvalue weighted by atomic mass is 35.5. The highest BCUT2D eigenvalue weighted by molar-refractivity contribution is 6.34. The average molecular weight is 275 g/mol. The lowest BCUT2D eigenvalue weighted by Gasteiger charge is -2.21. The summed E-state index contributed by atoms with van der Waals surface area (Å²) in [5.41, 5.74) is 7.64. The van der Waals surface area contributed by atoms with Crippen LogP contribution in [0.5, 0.6) is 0 Å². The maximum Gasteiger partial charge on any atom is 0.259 e. The van der Waals surface area contributed by atoms with Crippen molar-refractivity contribution < 1.29 is 4.79 Å². The van der Waals surface area contributed by atoms with E-state index in [1.165, 1.54) is 0 Å². The summed E-state index contributed by atoms with van der Waals surface area (Å²) >= 11 is 6.07. The first-order chi connectivity index (χ1) is 9.13. The van der Waals surface area contributed by atoms with Gasteiger partial charge in [0.2, 0.25) is 0 Å². The molecule has 0 saturated carbocycles. The minimum absolute atomic E-state index is 0.113. The van der Waals surface area contributed by atoms with Crippen LogP contribution in [0.25, 0.3) is 0 Å². The van der Waals surface area contributed by atoms with E-state index in [9.17, 15) is 4.79 Å². The fourth-order valence-corrected chi connectivity index (χ4v) is 2.09. The summed E-state index contributed by atoms with van der Waals surface area (Å²) < 4.78 is 0. The molecule has 0 aliphatic carbocycles. The fourth-order valence-electron chi connectivity index (χ4n) is 1.88. The zero-order chi connectivity index (χ0) is 13.8. The van der Waals surface area contributed by atoms with Crippen molar-refractivity contribution in [2.24, 2.45) is 0 Å². The van der Waals surface area contributed by atoms with E-state index in [0.29, 0.717) is 22.8 Å². The molecule has 1 amide bonds. The Balaban J connectivity index is 2.35. The van der Waals surface area contributed by atoms with E-state index in [-0.39, 0.29) is 5.91 Å². The number of hydrogen-bond acceptors (Lipinski definition) is 2. The summed E-state index contributed by atoms with van der Waals surface area (Å²) in [5, 5.41) is 0.460. The number of carbonyl (C=O) groups excluding carboxylic acids is 1. The number of hydrogen-bond donors (Lipinski definition) is 1. The van der Waals surface area contributed by atoms with Crippen LogP contribution in [0.1, 0.15) is 17.3 Å². The van der Waals surface area contributed by atoms with Gasteiger partial charge in [0.1, 0.15) is 0 Å². The van der Waals surface area contributed by atoms with Crippen molar-refractivity contribution in [3.63, 3.8) is 0 Å². The van der Waals surface area contributed by atoms with Gasteiger partial charge in [0.25, 0.3) is 5.91 Å². The number of anilines is 2. The van der Waals surface area contributed by atoms with E-state index in [2.05, 4.69) is 0 Å². The van der Waals surface area contributed by atoms with E-state index in [4.69, 9.17) is 17.3 Å². The quantitative estimate of drug-likeness (QED) is 0.870. The number of nitrogens with two attached hydrogens (primary N) is 1. The lowest BCUT2D eigenvalue weighted by Crippen LogP contribution is -2.30. The van der Waals surface area contributed by atoms with Crippen LogP contribution in [0.4, 0.5) is 11.4 Å². The lowest BCUT2D eigenvalue weighted by molar-refractivity contribution is 0.0988. The zero-order valence-electron chi connectivity index (χ0n) is 10.6. The van der Waals surface area contributed by atoms with Crippen molar-refractivity contribution in [3.8, 4) is 0 Å². The second-order valence-electron chi connectivity index (χ2n) is 4.12. The summed E-state index contributed by atoms with van der Waals surface area (Å²) in [6.07, 6.45) is 0. The molecule has 2 aromatic carbocycles. The summed E-state index contributed by atoms with van der Waals surface area (Å²) in [5.74, 6) is -0.113. The van der Waals surface area contributed by atoms with Crippen molar-refractivity contribution in [3.05, 3.63) is 59.1 Å². The Morgan fingerprint density at radius 3 is 2.37 bits per heavy atom. The molecule has 4 heteroatoms. The number of rotatable bonds is 3. The van der Waals surface area contributed by atoms with Gasteiger partial charge in [0, 0.05) is 17.9 Å². The third-order valence-electron chi connectivity index (χ3n) is 2.87. The molecule has 3 nitrogen and oxygen atoms in total. The van der Waals surface area contributed by atoms with Gasteiger partial charge < -0.3 is 10.6 Å². The summed E-state index contributed by atoms with van der Waals surface area (Å²) in [4.78, 5) is 14.2. The SMILES string of the molecule is CCN(C(=O)c1ccccc1Cl)c1ccc(N)cc1. The molecule has 0 aromatic heterocycles. The summed E-state index contributed by atoms with van der Waals surface area (Å²) in [6.45, 7) is 2.49. The Morgan fingerprint density at radius 1 is 1.16 bits per heavy atom. The van der Waals surface area contributed by atoms with Gasteiger partial charge in [-0.3, -0.25) is 4.79 Å². The number of amides is 1. The predicted octanol–water partition coefficient (Wildman–Crippen LogP) is 3.59. The van der Waals surface area contributed by atoms with E-state index in [1.54, 1.807) is 41.3 Å². The largest absolute Gasteiger partial charge is 0.399 e. The molecule has 0 spiro atoms. The Morgan fingerprint density at radius 2 is 1.79 bits per heavy atom. The van der Waals surface area contributed by atoms with Crippen molar-refractivity contribution in [2.45, 2.75) is 6.92 Å². The van der Waals surface area contributed by atoms with Gasteiger partial charge in [-0.1, -0.05) is 23.7 Å². The number of carbonyl (C=O) groups is 1. The third-order valence-corrected chi connectivity index (χ3v) is 3.20. The smallest absolute Gasteiger partial charge is 0.259 e. The van der Waals surface area contributed by atoms with Gasteiger partial charge in [-0.15, -0.1) is 0 Å². The number of halogens is 1. The van der Waals surface area contributed by atoms with Crippen LogP contribution in [0.2, 0.25) is 5.02 Å². The Hall–Kier alpha value is -2.00. The molecule has 2 N–H and O–H groups in total. The molecule has 0 aliphatic rings. The van der Waals surface area contributed by atoms with Crippen LogP contribution in [0.3, 0.4) is 0 Å². The van der Waals surface area contributed by atoms with Gasteiger partial charge in [0.15, 0.2) is 0 Å². The lowest BCUT2D eigenvalue weighted by atomic mass is 10.1. The van der Waals surface area contributed by atoms with E-state index in [0.717, 1.165) is 5.69 Å². The summed E-state index contributed by atoms with van der Waals surface area (Å²) in [6, 6.07) is 14.3. The van der Waals surface area contributed by atoms with Gasteiger partial charge >= 0.3 is 0 Å². The van der Waals surface area contributed by atoms with Crippen LogP contribution in [0, 0.1) is 0 Å². The molecule has 0 bridgehead atoms. The van der Waals surface area contributed by atoms with Gasteiger partial charge in [-0.05, 0) is 43.3 Å². The maximum absolute atomic E-state index is 12.5. The average Bonchev–Trinajstić information content (AvgIpc) is 2.42. The highest BCUT2D eigenvalue weighted by Crippen LogP contribution is 2.22. The van der Waals surface area contributed by atoms with E-state index < -0.39 is 0 Å². The van der Waals surface area contributed by atoms with Crippen LogP contribution in [-0.4, -0.2) is 12.5 Å². The van der Waals surface area contributed by atoms with Crippen molar-refractivity contribution in [2.75, 3.05) is 17.2 Å². The van der Waals surface area contributed by atoms with Gasteiger partial charge in [0.05, 0.1) is 10.6 Å². The van der Waals surface area contributed by atoms with E-state index in [1.807, 2.05) is 19.1 Å². The Kier molecular flexibility index (Phi) is 4.07. The molecule has 2 rings (SSSR count). The van der Waals surface area contributed by atoms with Crippen molar-refractivity contribution in [1.29, 1.82) is 0 Å². The van der Waals surface area contributed by atoms with Crippen molar-refractivity contribution >= 4 is 28.9 Å². The molecular formula is C15H15ClN2O. The first kappa shape index (κ1) is 13.4. The Labute approximate surface area is 117 Å². The van der Waals surface area contributed by atoms with Gasteiger partial charge in [-0.25, -0.2) is 0 Å². The Bertz CT molecular complexity index is 581. The molecule has 0 saturated heterocycles. The molecular weight excluding hydrogens is 260 g/mol. The number of nitrogen functional groups attached to an aromatic ring is 1. The van der Waals surface area contributed by atoms with E-state index >= 15 is 0 Å². The first-order valence-electron chi connectivity index (χ1n) is 6.05. The predicted molar refractivity (Wildman–Crippen MR) is 79.7 cm³/mol. The first-order valence-corrected chi connectivity index (χ1v) is 6.43. The standard InChI is InChI=1S/C15H15ClN2O/c1-2-18(12-9-7-11(17)8-10-12)15(19)13-5-3-4-6-14(13)16/h3-10H,2,17H2,1H3. The molecule has 0 radical (unpaired) electrons. The number of nitrogens with zero attached hydrogens (tertiary/aromatic N) is 1. The number of benzene rings is 2.